The number of rotatable bonds is 9. The molecule has 2 heterocycles. The Balaban J connectivity index is 1.35. The molecule has 0 atom stereocenters. The van der Waals surface area contributed by atoms with Crippen molar-refractivity contribution in [3.05, 3.63) is 108 Å². The van der Waals surface area contributed by atoms with Crippen molar-refractivity contribution < 1.29 is 4.74 Å². The van der Waals surface area contributed by atoms with Crippen molar-refractivity contribution in [1.29, 1.82) is 0 Å². The van der Waals surface area contributed by atoms with Crippen LogP contribution >= 0.6 is 0 Å². The van der Waals surface area contributed by atoms with E-state index in [4.69, 9.17) is 4.74 Å². The molecule has 1 aliphatic heterocycles. The van der Waals surface area contributed by atoms with Gasteiger partial charge in [-0.2, -0.15) is 5.10 Å². The summed E-state index contributed by atoms with van der Waals surface area (Å²) < 4.78 is 6.12. The Morgan fingerprint density at radius 1 is 0.784 bits per heavy atom. The van der Waals surface area contributed by atoms with Crippen LogP contribution in [0.2, 0.25) is 0 Å². The SMILES string of the molecule is c1ccc(C(=C(c2ccc(OCCN3CCCC3)cc2)c2ccc(-c3cn[nH]c3)cc2)C2CCC2)cc1. The summed E-state index contributed by atoms with van der Waals surface area (Å²) in [6, 6.07) is 28.7. The van der Waals surface area contributed by atoms with Gasteiger partial charge in [0.1, 0.15) is 12.4 Å². The van der Waals surface area contributed by atoms with E-state index < -0.39 is 0 Å². The first-order valence-electron chi connectivity index (χ1n) is 13.7. The Kier molecular flexibility index (Phi) is 7.18. The van der Waals surface area contributed by atoms with Gasteiger partial charge in [-0.1, -0.05) is 73.2 Å². The van der Waals surface area contributed by atoms with E-state index in [1.807, 2.05) is 12.4 Å². The third-order valence-electron chi connectivity index (χ3n) is 7.89. The third kappa shape index (κ3) is 5.40. The number of nitrogens with one attached hydrogen (secondary N) is 1. The first-order chi connectivity index (χ1) is 18.3. The zero-order valence-electron chi connectivity index (χ0n) is 21.4. The molecule has 2 aliphatic rings. The highest BCUT2D eigenvalue weighted by Gasteiger charge is 2.27. The van der Waals surface area contributed by atoms with Crippen LogP contribution in [0.15, 0.2) is 91.3 Å². The number of benzene rings is 3. The lowest BCUT2D eigenvalue weighted by molar-refractivity contribution is 0.238. The summed E-state index contributed by atoms with van der Waals surface area (Å²) in [6.45, 7) is 4.17. The van der Waals surface area contributed by atoms with Gasteiger partial charge in [0.25, 0.3) is 0 Å². The molecule has 4 aromatic rings. The molecule has 4 nitrogen and oxygen atoms in total. The maximum Gasteiger partial charge on any atom is 0.119 e. The van der Waals surface area contributed by atoms with Crippen molar-refractivity contribution in [2.24, 2.45) is 5.92 Å². The standard InChI is InChI=1S/C33H35N3O/c1-2-7-26(8-3-1)32(27-9-6-10-27)33(28-13-11-25(12-14-28)30-23-34-35-24-30)29-15-17-31(18-16-29)37-22-21-36-19-4-5-20-36/h1-3,7-8,11-18,23-24,27H,4-6,9-10,19-22H2,(H,34,35). The number of likely N-dealkylation sites (tertiary alicyclic amines) is 1. The minimum absolute atomic E-state index is 0.585. The van der Waals surface area contributed by atoms with E-state index >= 15 is 0 Å². The van der Waals surface area contributed by atoms with Gasteiger partial charge in [0.05, 0.1) is 6.20 Å². The first-order valence-corrected chi connectivity index (χ1v) is 13.7. The minimum Gasteiger partial charge on any atom is -0.492 e. The molecule has 0 radical (unpaired) electrons. The number of hydrogen-bond donors (Lipinski definition) is 1. The molecular weight excluding hydrogens is 454 g/mol. The van der Waals surface area contributed by atoms with Gasteiger partial charge in [0.2, 0.25) is 0 Å². The van der Waals surface area contributed by atoms with Gasteiger partial charge < -0.3 is 4.74 Å². The largest absolute Gasteiger partial charge is 0.492 e. The minimum atomic E-state index is 0.585. The smallest absolute Gasteiger partial charge is 0.119 e. The first kappa shape index (κ1) is 23.7. The molecule has 0 amide bonds. The highest BCUT2D eigenvalue weighted by molar-refractivity contribution is 5.99. The van der Waals surface area contributed by atoms with Gasteiger partial charge in [0, 0.05) is 18.3 Å². The molecule has 2 fully saturated rings. The highest BCUT2D eigenvalue weighted by atomic mass is 16.5. The molecule has 1 aromatic heterocycles. The predicted octanol–water partition coefficient (Wildman–Crippen LogP) is 7.31. The van der Waals surface area contributed by atoms with E-state index in [0.717, 1.165) is 24.5 Å². The molecule has 0 spiro atoms. The van der Waals surface area contributed by atoms with Crippen LogP contribution in [0, 0.1) is 5.92 Å². The maximum atomic E-state index is 6.12. The van der Waals surface area contributed by atoms with Crippen molar-refractivity contribution in [2.75, 3.05) is 26.2 Å². The molecule has 0 bridgehead atoms. The number of ether oxygens (including phenoxy) is 1. The van der Waals surface area contributed by atoms with E-state index in [2.05, 4.69) is 94.0 Å². The number of aromatic amines is 1. The molecule has 1 saturated carbocycles. The topological polar surface area (TPSA) is 41.1 Å². The monoisotopic (exact) mass is 489 g/mol. The van der Waals surface area contributed by atoms with Gasteiger partial charge >= 0.3 is 0 Å². The number of allylic oxidation sites excluding steroid dienone is 1. The second-order valence-corrected chi connectivity index (χ2v) is 10.3. The quantitative estimate of drug-likeness (QED) is 0.251. The Morgan fingerprint density at radius 2 is 1.49 bits per heavy atom. The molecule has 188 valence electrons. The summed E-state index contributed by atoms with van der Waals surface area (Å²) in [4.78, 5) is 2.49. The van der Waals surface area contributed by atoms with Crippen LogP contribution in [0.4, 0.5) is 0 Å². The maximum absolute atomic E-state index is 6.12. The molecule has 1 saturated heterocycles. The molecule has 3 aromatic carbocycles. The van der Waals surface area contributed by atoms with Gasteiger partial charge in [-0.25, -0.2) is 0 Å². The Bertz CT molecular complexity index is 1300. The van der Waals surface area contributed by atoms with Crippen molar-refractivity contribution in [1.82, 2.24) is 15.1 Å². The van der Waals surface area contributed by atoms with Crippen molar-refractivity contribution in [3.8, 4) is 16.9 Å². The molecule has 6 rings (SSSR count). The molecule has 37 heavy (non-hydrogen) atoms. The fraction of sp³-hybridized carbons (Fsp3) is 0.303. The fourth-order valence-corrected chi connectivity index (χ4v) is 5.63. The van der Waals surface area contributed by atoms with Gasteiger partial charge in [-0.05, 0) is 90.2 Å². The predicted molar refractivity (Wildman–Crippen MR) is 151 cm³/mol. The number of nitrogens with zero attached hydrogens (tertiary/aromatic N) is 2. The Hall–Kier alpha value is -3.63. The lowest BCUT2D eigenvalue weighted by Crippen LogP contribution is -2.25. The van der Waals surface area contributed by atoms with Gasteiger partial charge in [0.15, 0.2) is 0 Å². The third-order valence-corrected chi connectivity index (χ3v) is 7.89. The summed E-state index contributed by atoms with van der Waals surface area (Å²) in [5, 5.41) is 7.04. The fourth-order valence-electron chi connectivity index (χ4n) is 5.63. The zero-order chi connectivity index (χ0) is 24.9. The van der Waals surface area contributed by atoms with Crippen LogP contribution in [0.1, 0.15) is 48.8 Å². The van der Waals surface area contributed by atoms with Crippen LogP contribution in [0.5, 0.6) is 5.75 Å². The van der Waals surface area contributed by atoms with Crippen molar-refractivity contribution in [2.45, 2.75) is 32.1 Å². The lowest BCUT2D eigenvalue weighted by atomic mass is 9.73. The normalized spacial score (nSPS) is 16.9. The second kappa shape index (κ2) is 11.2. The second-order valence-electron chi connectivity index (χ2n) is 10.3. The van der Waals surface area contributed by atoms with Crippen molar-refractivity contribution >= 4 is 11.1 Å². The number of aromatic nitrogens is 2. The summed E-state index contributed by atoms with van der Waals surface area (Å²) in [5.74, 6) is 1.53. The van der Waals surface area contributed by atoms with E-state index in [9.17, 15) is 0 Å². The lowest BCUT2D eigenvalue weighted by Gasteiger charge is -2.31. The van der Waals surface area contributed by atoms with E-state index in [0.29, 0.717) is 5.92 Å². The number of hydrogen-bond acceptors (Lipinski definition) is 3. The van der Waals surface area contributed by atoms with E-state index in [-0.39, 0.29) is 0 Å². The molecule has 4 heteroatoms. The van der Waals surface area contributed by atoms with Crippen LogP contribution < -0.4 is 4.74 Å². The molecule has 1 aliphatic carbocycles. The van der Waals surface area contributed by atoms with Gasteiger partial charge in [-0.15, -0.1) is 0 Å². The average Bonchev–Trinajstić information content (AvgIpc) is 3.64. The van der Waals surface area contributed by atoms with Gasteiger partial charge in [-0.3, -0.25) is 10.00 Å². The van der Waals surface area contributed by atoms with Crippen LogP contribution in [-0.4, -0.2) is 41.3 Å². The Labute approximate surface area is 220 Å². The zero-order valence-corrected chi connectivity index (χ0v) is 21.4. The van der Waals surface area contributed by atoms with E-state index in [1.54, 1.807) is 0 Å². The summed E-state index contributed by atoms with van der Waals surface area (Å²) in [5.41, 5.74) is 8.89. The molecule has 0 unspecified atom stereocenters. The summed E-state index contributed by atoms with van der Waals surface area (Å²) in [6.07, 6.45) is 10.2. The van der Waals surface area contributed by atoms with E-state index in [1.165, 1.54) is 78.6 Å². The van der Waals surface area contributed by atoms with Crippen LogP contribution in [0.25, 0.3) is 22.3 Å². The summed E-state index contributed by atoms with van der Waals surface area (Å²) in [7, 11) is 0. The molecule has 1 N–H and O–H groups in total. The van der Waals surface area contributed by atoms with Crippen LogP contribution in [-0.2, 0) is 0 Å². The Morgan fingerprint density at radius 3 is 2.11 bits per heavy atom. The summed E-state index contributed by atoms with van der Waals surface area (Å²) >= 11 is 0. The molecular formula is C33H35N3O. The van der Waals surface area contributed by atoms with Crippen LogP contribution in [0.3, 0.4) is 0 Å². The average molecular weight is 490 g/mol. The highest BCUT2D eigenvalue weighted by Crippen LogP contribution is 2.45. The van der Waals surface area contributed by atoms with Crippen molar-refractivity contribution in [3.63, 3.8) is 0 Å². The number of H-pyrrole nitrogens is 1.